The predicted octanol–water partition coefficient (Wildman–Crippen LogP) is 3.36. The lowest BCUT2D eigenvalue weighted by molar-refractivity contribution is 0.487. The highest BCUT2D eigenvalue weighted by atomic mass is 32.1. The molecule has 0 unspecified atom stereocenters. The lowest BCUT2D eigenvalue weighted by Crippen LogP contribution is -2.03. The van der Waals surface area contributed by atoms with Crippen LogP contribution in [-0.4, -0.2) is 10.1 Å². The van der Waals surface area contributed by atoms with E-state index in [9.17, 15) is 0 Å². The molecular formula is C12H10O2S2. The fraction of sp³-hybridized carbons (Fsp3) is 0. The summed E-state index contributed by atoms with van der Waals surface area (Å²) in [6, 6.07) is 7.26. The van der Waals surface area contributed by atoms with Crippen LogP contribution in [0.3, 0.4) is 0 Å². The molecule has 2 nitrogen and oxygen atoms in total. The zero-order valence-electron chi connectivity index (χ0n) is 8.51. The maximum Gasteiger partial charge on any atom is 0.197 e. The van der Waals surface area contributed by atoms with Crippen LogP contribution in [0.2, 0.25) is 0 Å². The van der Waals surface area contributed by atoms with Crippen LogP contribution in [0.15, 0.2) is 49.9 Å². The second kappa shape index (κ2) is 6.15. The molecule has 0 bridgehead atoms. The zero-order valence-corrected chi connectivity index (χ0v) is 10.1. The summed E-state index contributed by atoms with van der Waals surface area (Å²) in [6.07, 6.45) is 2.57. The predicted molar refractivity (Wildman–Crippen MR) is 72.4 cm³/mol. The lowest BCUT2D eigenvalue weighted by atomic mass is 10.1. The molecule has 0 saturated carbocycles. The topological polar surface area (TPSA) is 18.5 Å². The lowest BCUT2D eigenvalue weighted by Gasteiger charge is -2.06. The van der Waals surface area contributed by atoms with E-state index in [0.29, 0.717) is 10.1 Å². The van der Waals surface area contributed by atoms with Gasteiger partial charge in [0, 0.05) is 11.1 Å². The van der Waals surface area contributed by atoms with E-state index in [1.54, 1.807) is 6.07 Å². The fourth-order valence-corrected chi connectivity index (χ4v) is 1.45. The van der Waals surface area contributed by atoms with Gasteiger partial charge in [-0.2, -0.15) is 0 Å². The number of ether oxygens (including phenoxy) is 2. The Morgan fingerprint density at radius 3 is 1.81 bits per heavy atom. The summed E-state index contributed by atoms with van der Waals surface area (Å²) in [4.78, 5) is 0. The first-order chi connectivity index (χ1) is 7.69. The van der Waals surface area contributed by atoms with Crippen molar-refractivity contribution in [3.05, 3.63) is 61.1 Å². The van der Waals surface area contributed by atoms with Gasteiger partial charge in [-0.15, -0.1) is 0 Å². The van der Waals surface area contributed by atoms with Crippen molar-refractivity contribution in [3.63, 3.8) is 0 Å². The molecule has 0 atom stereocenters. The smallest absolute Gasteiger partial charge is 0.197 e. The maximum atomic E-state index is 5.03. The van der Waals surface area contributed by atoms with Crippen LogP contribution < -0.4 is 0 Å². The first kappa shape index (κ1) is 12.5. The molecule has 16 heavy (non-hydrogen) atoms. The van der Waals surface area contributed by atoms with Crippen molar-refractivity contribution in [2.24, 2.45) is 0 Å². The Bertz CT molecular complexity index is 401. The molecule has 82 valence electrons. The molecule has 0 aliphatic rings. The molecule has 1 aromatic carbocycles. The summed E-state index contributed by atoms with van der Waals surface area (Å²) >= 11 is 10.1. The summed E-state index contributed by atoms with van der Waals surface area (Å²) < 4.78 is 10.0. The summed E-state index contributed by atoms with van der Waals surface area (Å²) in [7, 11) is 0. The molecule has 1 rings (SSSR count). The van der Waals surface area contributed by atoms with Gasteiger partial charge in [0.25, 0.3) is 0 Å². The quantitative estimate of drug-likeness (QED) is 0.602. The Balaban J connectivity index is 2.94. The van der Waals surface area contributed by atoms with Crippen molar-refractivity contribution in [2.75, 3.05) is 0 Å². The molecule has 0 N–H and O–H groups in total. The number of rotatable bonds is 4. The molecule has 4 heteroatoms. The minimum Gasteiger partial charge on any atom is -0.453 e. The minimum atomic E-state index is 0.346. The van der Waals surface area contributed by atoms with Gasteiger partial charge in [-0.1, -0.05) is 31.4 Å². The second-order valence-electron chi connectivity index (χ2n) is 2.72. The first-order valence-corrected chi connectivity index (χ1v) is 5.24. The van der Waals surface area contributed by atoms with Gasteiger partial charge in [0.15, 0.2) is 10.1 Å². The molecule has 0 fully saturated rings. The van der Waals surface area contributed by atoms with Gasteiger partial charge in [-0.05, 0) is 30.5 Å². The number of benzene rings is 1. The SMILES string of the molecule is C=COC(=S)c1cccc(C(=S)OC=C)c1. The van der Waals surface area contributed by atoms with E-state index in [1.165, 1.54) is 12.5 Å². The molecule has 0 heterocycles. The summed E-state index contributed by atoms with van der Waals surface area (Å²) in [5.41, 5.74) is 1.50. The van der Waals surface area contributed by atoms with Gasteiger partial charge in [0.05, 0.1) is 12.5 Å². The standard InChI is InChI=1S/C12H10O2S2/c1-3-13-11(15)9-6-5-7-10(8-9)12(16)14-4-2/h3-8H,1-2H2. The third kappa shape index (κ3) is 3.25. The number of hydrogen-bond acceptors (Lipinski definition) is 4. The van der Waals surface area contributed by atoms with Gasteiger partial charge < -0.3 is 9.47 Å². The molecule has 0 aliphatic carbocycles. The van der Waals surface area contributed by atoms with E-state index in [1.807, 2.05) is 18.2 Å². The molecule has 0 saturated heterocycles. The van der Waals surface area contributed by atoms with E-state index in [4.69, 9.17) is 33.9 Å². The molecule has 0 aliphatic heterocycles. The third-order valence-electron chi connectivity index (χ3n) is 1.71. The second-order valence-corrected chi connectivity index (χ2v) is 3.47. The van der Waals surface area contributed by atoms with Gasteiger partial charge in [-0.25, -0.2) is 0 Å². The van der Waals surface area contributed by atoms with Crippen LogP contribution in [0.4, 0.5) is 0 Å². The third-order valence-corrected chi connectivity index (χ3v) is 2.38. The van der Waals surface area contributed by atoms with Crippen LogP contribution in [0.25, 0.3) is 0 Å². The highest BCUT2D eigenvalue weighted by Gasteiger charge is 2.05. The normalized spacial score (nSPS) is 9.00. The molecular weight excluding hydrogens is 240 g/mol. The van der Waals surface area contributed by atoms with E-state index < -0.39 is 0 Å². The highest BCUT2D eigenvalue weighted by Crippen LogP contribution is 2.10. The van der Waals surface area contributed by atoms with Gasteiger partial charge in [-0.3, -0.25) is 0 Å². The summed E-state index contributed by atoms with van der Waals surface area (Å²) in [5, 5.41) is 0.691. The Morgan fingerprint density at radius 2 is 1.44 bits per heavy atom. The molecule has 0 amide bonds. The van der Waals surface area contributed by atoms with Crippen LogP contribution in [0.5, 0.6) is 0 Å². The summed E-state index contributed by atoms with van der Waals surface area (Å²) in [6.45, 7) is 6.88. The van der Waals surface area contributed by atoms with E-state index >= 15 is 0 Å². The molecule has 1 aromatic rings. The van der Waals surface area contributed by atoms with Crippen molar-refractivity contribution in [2.45, 2.75) is 0 Å². The Kier molecular flexibility index (Phi) is 4.82. The molecule has 0 radical (unpaired) electrons. The summed E-state index contributed by atoms with van der Waals surface area (Å²) in [5.74, 6) is 0. The highest BCUT2D eigenvalue weighted by molar-refractivity contribution is 7.80. The first-order valence-electron chi connectivity index (χ1n) is 4.43. The number of hydrogen-bond donors (Lipinski definition) is 0. The van der Waals surface area contributed by atoms with Crippen LogP contribution >= 0.6 is 24.4 Å². The minimum absolute atomic E-state index is 0.346. The van der Waals surface area contributed by atoms with Crippen molar-refractivity contribution in [1.29, 1.82) is 0 Å². The Labute approximate surface area is 105 Å². The maximum absolute atomic E-state index is 5.03. The zero-order chi connectivity index (χ0) is 12.0. The van der Waals surface area contributed by atoms with E-state index in [2.05, 4.69) is 13.2 Å². The average Bonchev–Trinajstić information content (AvgIpc) is 2.30. The molecule has 0 spiro atoms. The number of thiocarbonyl (C=S) groups is 2. The van der Waals surface area contributed by atoms with Gasteiger partial charge >= 0.3 is 0 Å². The van der Waals surface area contributed by atoms with Gasteiger partial charge in [0.2, 0.25) is 0 Å². The van der Waals surface area contributed by atoms with Crippen molar-refractivity contribution < 1.29 is 9.47 Å². The van der Waals surface area contributed by atoms with Gasteiger partial charge in [0.1, 0.15) is 0 Å². The van der Waals surface area contributed by atoms with Crippen LogP contribution in [0, 0.1) is 0 Å². The molecule has 0 aromatic heterocycles. The Morgan fingerprint density at radius 1 is 1.00 bits per heavy atom. The van der Waals surface area contributed by atoms with Crippen molar-refractivity contribution >= 4 is 34.5 Å². The van der Waals surface area contributed by atoms with Crippen molar-refractivity contribution in [1.82, 2.24) is 0 Å². The average molecular weight is 250 g/mol. The Hall–Kier alpha value is -1.52. The van der Waals surface area contributed by atoms with Crippen LogP contribution in [0.1, 0.15) is 11.1 Å². The monoisotopic (exact) mass is 250 g/mol. The van der Waals surface area contributed by atoms with E-state index in [-0.39, 0.29) is 0 Å². The van der Waals surface area contributed by atoms with Crippen LogP contribution in [-0.2, 0) is 9.47 Å². The van der Waals surface area contributed by atoms with Crippen molar-refractivity contribution in [3.8, 4) is 0 Å². The largest absolute Gasteiger partial charge is 0.453 e. The van der Waals surface area contributed by atoms with E-state index in [0.717, 1.165) is 11.1 Å². The fourth-order valence-electron chi connectivity index (χ4n) is 1.06.